The minimum Gasteiger partial charge on any atom is -0.489 e. The van der Waals surface area contributed by atoms with E-state index in [0.717, 1.165) is 11.1 Å². The summed E-state index contributed by atoms with van der Waals surface area (Å²) in [5.41, 5.74) is 3.71. The van der Waals surface area contributed by atoms with Crippen molar-refractivity contribution < 1.29 is 83.9 Å². The molecule has 0 radical (unpaired) electrons. The predicted octanol–water partition coefficient (Wildman–Crippen LogP) is 13.0. The van der Waals surface area contributed by atoms with E-state index in [1.54, 1.807) is 166 Å². The third kappa shape index (κ3) is 21.2. The Hall–Kier alpha value is -10.8. The molecule has 0 aliphatic heterocycles. The Kier molecular flexibility index (Phi) is 24.4. The van der Waals surface area contributed by atoms with Crippen LogP contribution in [0.2, 0.25) is 0 Å². The molecule has 17 nitrogen and oxygen atoms in total. The number of carbonyl (C=O) groups excluding carboxylic acids is 6. The van der Waals surface area contributed by atoms with E-state index in [4.69, 9.17) is 33.2 Å². The van der Waals surface area contributed by atoms with Crippen LogP contribution in [-0.4, -0.2) is 66.4 Å². The van der Waals surface area contributed by atoms with Crippen LogP contribution in [0.5, 0.6) is 17.2 Å². The van der Waals surface area contributed by atoms with Crippen molar-refractivity contribution >= 4 is 36.1 Å². The predicted molar refractivity (Wildman–Crippen MR) is 331 cm³/mol. The zero-order chi connectivity index (χ0) is 66.3. The summed E-state index contributed by atoms with van der Waals surface area (Å²) in [6, 6.07) is 49.2. The summed E-state index contributed by atoms with van der Waals surface area (Å²) in [5, 5.41) is 10.4. The molecule has 93 heavy (non-hydrogen) atoms. The molecule has 3 atom stereocenters. The number of nitrogens with one attached hydrogen (secondary N) is 4. The quantitative estimate of drug-likeness (QED) is 0.00684. The van der Waals surface area contributed by atoms with Crippen molar-refractivity contribution in [3.63, 3.8) is 0 Å². The molecule has 0 unspecified atom stereocenters. The Morgan fingerprint density at radius 2 is 0.903 bits per heavy atom. The molecule has 8 rings (SSSR count). The molecule has 0 bridgehead atoms. The highest BCUT2D eigenvalue weighted by Crippen LogP contribution is 2.34. The Balaban J connectivity index is 1.15. The Morgan fingerprint density at radius 3 is 1.44 bits per heavy atom. The van der Waals surface area contributed by atoms with Crippen molar-refractivity contribution in [1.29, 1.82) is 0 Å². The number of benzene rings is 8. The molecule has 0 saturated heterocycles. The molecule has 8 aromatic carbocycles. The van der Waals surface area contributed by atoms with E-state index in [1.165, 1.54) is 6.07 Å². The van der Waals surface area contributed by atoms with Crippen LogP contribution >= 0.6 is 0 Å². The SMILES string of the molecule is CC(C)(C)OC(=O)N[C@@H](CCCNC(=O)OCc1ccccc1)C(=O)N[C@@H](Cc1cc(OCc2ccccc2)cc(-c2ccc(OCc3ccccc3)c(C[C@H](NC(=O)OCc3ccccc3)C(=O)Oc3c(F)c(F)c(F)c(F)c3F)c2)c1)C(=O)OCc1ccccc1. The number of alkyl carbamates (subject to hydrolysis) is 3. The van der Waals surface area contributed by atoms with Crippen LogP contribution in [0.25, 0.3) is 11.1 Å². The van der Waals surface area contributed by atoms with Crippen LogP contribution in [0.1, 0.15) is 72.6 Å². The highest BCUT2D eigenvalue weighted by Gasteiger charge is 2.34. The summed E-state index contributed by atoms with van der Waals surface area (Å²) >= 11 is 0. The van der Waals surface area contributed by atoms with Gasteiger partial charge in [0.25, 0.3) is 0 Å². The number of carbonyl (C=O) groups is 6. The molecule has 0 aromatic heterocycles. The number of hydrogen-bond acceptors (Lipinski definition) is 13. The summed E-state index contributed by atoms with van der Waals surface area (Å²) in [5.74, 6) is -17.1. The van der Waals surface area contributed by atoms with Crippen LogP contribution in [0.15, 0.2) is 188 Å². The highest BCUT2D eigenvalue weighted by molar-refractivity contribution is 5.90. The lowest BCUT2D eigenvalue weighted by atomic mass is 9.95. The Bertz CT molecular complexity index is 3800. The van der Waals surface area contributed by atoms with Gasteiger partial charge in [0, 0.05) is 19.4 Å². The van der Waals surface area contributed by atoms with Gasteiger partial charge in [-0.3, -0.25) is 4.79 Å². The minimum absolute atomic E-state index is 0.0113. The first-order valence-electron chi connectivity index (χ1n) is 29.5. The second-order valence-electron chi connectivity index (χ2n) is 22.2. The number of rotatable bonds is 28. The van der Waals surface area contributed by atoms with Crippen LogP contribution in [0, 0.1) is 29.1 Å². The van der Waals surface area contributed by atoms with Gasteiger partial charge in [0.2, 0.25) is 40.7 Å². The van der Waals surface area contributed by atoms with E-state index < -0.39 is 101 Å². The van der Waals surface area contributed by atoms with Gasteiger partial charge in [-0.05, 0) is 108 Å². The van der Waals surface area contributed by atoms with Gasteiger partial charge in [-0.25, -0.2) is 37.1 Å². The highest BCUT2D eigenvalue weighted by atomic mass is 19.2. The Labute approximate surface area is 533 Å². The fraction of sp³-hybridized carbons (Fsp3) is 0.239. The first-order valence-corrected chi connectivity index (χ1v) is 29.5. The first kappa shape index (κ1) is 68.1. The van der Waals surface area contributed by atoms with Crippen molar-refractivity contribution in [2.75, 3.05) is 6.54 Å². The zero-order valence-electron chi connectivity index (χ0n) is 50.9. The molecule has 484 valence electrons. The van der Waals surface area contributed by atoms with E-state index in [1.807, 2.05) is 36.4 Å². The van der Waals surface area contributed by atoms with Gasteiger partial charge in [0.05, 0.1) is 0 Å². The van der Waals surface area contributed by atoms with Gasteiger partial charge in [-0.15, -0.1) is 0 Å². The minimum atomic E-state index is -2.50. The molecule has 4 N–H and O–H groups in total. The topological polar surface area (TPSA) is 215 Å². The fourth-order valence-electron chi connectivity index (χ4n) is 9.25. The summed E-state index contributed by atoms with van der Waals surface area (Å²) < 4.78 is 113. The van der Waals surface area contributed by atoms with E-state index in [0.29, 0.717) is 33.4 Å². The molecule has 8 aromatic rings. The van der Waals surface area contributed by atoms with Gasteiger partial charge in [-0.2, -0.15) is 8.78 Å². The molecule has 4 amide bonds. The lowest BCUT2D eigenvalue weighted by Crippen LogP contribution is -2.53. The van der Waals surface area contributed by atoms with E-state index >= 15 is 8.78 Å². The van der Waals surface area contributed by atoms with Crippen molar-refractivity contribution in [2.24, 2.45) is 0 Å². The van der Waals surface area contributed by atoms with Crippen LogP contribution in [0.4, 0.5) is 36.3 Å². The summed E-state index contributed by atoms with van der Waals surface area (Å²) in [7, 11) is 0. The van der Waals surface area contributed by atoms with Crippen LogP contribution < -0.4 is 35.5 Å². The van der Waals surface area contributed by atoms with E-state index in [2.05, 4.69) is 21.3 Å². The number of esters is 2. The third-order valence-electron chi connectivity index (χ3n) is 13.9. The number of amides is 4. The average molecular weight is 1280 g/mol. The third-order valence-corrected chi connectivity index (χ3v) is 13.9. The molecule has 22 heteroatoms. The van der Waals surface area contributed by atoms with Gasteiger partial charge in [0.15, 0.2) is 0 Å². The molecule has 0 aliphatic rings. The maximum absolute atomic E-state index is 15.1. The largest absolute Gasteiger partial charge is 0.489 e. The molecule has 0 heterocycles. The maximum Gasteiger partial charge on any atom is 0.408 e. The van der Waals surface area contributed by atoms with Gasteiger partial charge < -0.3 is 54.4 Å². The molecule has 0 fully saturated rings. The summed E-state index contributed by atoms with van der Waals surface area (Å²) in [6.45, 7) is 4.46. The maximum atomic E-state index is 15.1. The molecule has 0 spiro atoms. The van der Waals surface area contributed by atoms with E-state index in [-0.39, 0.29) is 75.9 Å². The van der Waals surface area contributed by atoms with Gasteiger partial charge >= 0.3 is 30.2 Å². The molecule has 0 saturated carbocycles. The van der Waals surface area contributed by atoms with Crippen molar-refractivity contribution in [1.82, 2.24) is 21.3 Å². The molecular formula is C71H67F5N4O13. The smallest absolute Gasteiger partial charge is 0.408 e. The Morgan fingerprint density at radius 1 is 0.430 bits per heavy atom. The van der Waals surface area contributed by atoms with Gasteiger partial charge in [-0.1, -0.05) is 164 Å². The van der Waals surface area contributed by atoms with Gasteiger partial charge in [0.1, 0.15) is 68.3 Å². The van der Waals surface area contributed by atoms with Crippen molar-refractivity contribution in [2.45, 2.75) is 103 Å². The monoisotopic (exact) mass is 1280 g/mol. The molecule has 0 aliphatic carbocycles. The van der Waals surface area contributed by atoms with Crippen LogP contribution in [-0.2, 0) is 79.2 Å². The number of ether oxygens (including phenoxy) is 7. The number of hydrogen-bond donors (Lipinski definition) is 4. The first-order chi connectivity index (χ1) is 44.7. The standard InChI is InChI=1S/C71H67F5N4O13/c1-71(2,3)93-70(86)79-55(30-19-33-77-68(84)90-43-48-26-15-7-16-27-48)65(81)78-56(66(82)89-42-47-24-13-6-14-25-47)36-50-34-52(38-54(35-50)87-40-45-20-9-4-10-21-45)51-31-32-58(88-41-46-22-11-5-12-23-46)53(37-51)39-57(80-69(85)91-44-49-28-17-8-18-29-49)67(83)92-64-62(75)60(73)59(72)61(74)63(64)76/h4-18,20-29,31-32,34-35,37-38,55-57H,19,30,33,36,39-44H2,1-3H3,(H,77,84)(H,78,81)(H,79,86)(H,80,85)/t55-,56-,57-/m0/s1. The van der Waals surface area contributed by atoms with E-state index in [9.17, 15) is 41.9 Å². The second kappa shape index (κ2) is 33.3. The summed E-state index contributed by atoms with van der Waals surface area (Å²) in [4.78, 5) is 82.9. The number of halogens is 5. The lowest BCUT2D eigenvalue weighted by molar-refractivity contribution is -0.149. The zero-order valence-corrected chi connectivity index (χ0v) is 50.9. The lowest BCUT2D eigenvalue weighted by Gasteiger charge is -2.25. The fourth-order valence-corrected chi connectivity index (χ4v) is 9.25. The second-order valence-corrected chi connectivity index (χ2v) is 22.2. The average Bonchev–Trinajstić information content (AvgIpc) is 1.02. The normalized spacial score (nSPS) is 12.0. The van der Waals surface area contributed by atoms with Crippen molar-refractivity contribution in [3.8, 4) is 28.4 Å². The van der Waals surface area contributed by atoms with Crippen molar-refractivity contribution in [3.05, 3.63) is 256 Å². The molecular weight excluding hydrogens is 1210 g/mol. The summed E-state index contributed by atoms with van der Waals surface area (Å²) in [6.07, 6.45) is -3.70. The van der Waals surface area contributed by atoms with Crippen LogP contribution in [0.3, 0.4) is 0 Å².